The quantitative estimate of drug-likeness (QED) is 0.432. The van der Waals surface area contributed by atoms with Gasteiger partial charge in [-0.2, -0.15) is 0 Å². The SMILES string of the molecule is Nc1ccc(O)c(C=Nc2ccc(C34CC5CC(CC(O)(C5)C3)C4)cc2)c1. The third-order valence-electron chi connectivity index (χ3n) is 6.91. The molecule has 4 N–H and O–H groups in total. The van der Waals surface area contributed by atoms with Gasteiger partial charge in [-0.05, 0) is 91.7 Å². The van der Waals surface area contributed by atoms with Crippen molar-refractivity contribution in [2.75, 3.05) is 5.73 Å². The average Bonchev–Trinajstić information content (AvgIpc) is 2.61. The van der Waals surface area contributed by atoms with Gasteiger partial charge in [0, 0.05) is 17.5 Å². The van der Waals surface area contributed by atoms with Crippen molar-refractivity contribution in [2.24, 2.45) is 16.8 Å². The van der Waals surface area contributed by atoms with E-state index in [0.29, 0.717) is 23.1 Å². The van der Waals surface area contributed by atoms with Crippen LogP contribution in [0.5, 0.6) is 5.75 Å². The fourth-order valence-corrected chi connectivity index (χ4v) is 6.27. The van der Waals surface area contributed by atoms with Crippen LogP contribution in [0.1, 0.15) is 49.7 Å². The van der Waals surface area contributed by atoms with Crippen LogP contribution in [0, 0.1) is 11.8 Å². The number of nitrogen functional groups attached to an aromatic ring is 1. The van der Waals surface area contributed by atoms with Gasteiger partial charge >= 0.3 is 0 Å². The fourth-order valence-electron chi connectivity index (χ4n) is 6.27. The molecular weight excluding hydrogens is 336 g/mol. The molecule has 2 aromatic rings. The van der Waals surface area contributed by atoms with Gasteiger partial charge in [0.25, 0.3) is 0 Å². The summed E-state index contributed by atoms with van der Waals surface area (Å²) < 4.78 is 0. The number of phenolic OH excluding ortho intramolecular Hbond substituents is 1. The summed E-state index contributed by atoms with van der Waals surface area (Å²) in [5.41, 5.74) is 8.90. The van der Waals surface area contributed by atoms with Crippen molar-refractivity contribution in [3.63, 3.8) is 0 Å². The van der Waals surface area contributed by atoms with E-state index < -0.39 is 5.60 Å². The van der Waals surface area contributed by atoms with Crippen LogP contribution in [-0.2, 0) is 5.41 Å². The number of benzene rings is 2. The van der Waals surface area contributed by atoms with E-state index in [-0.39, 0.29) is 11.2 Å². The first-order valence-corrected chi connectivity index (χ1v) is 9.89. The average molecular weight is 362 g/mol. The summed E-state index contributed by atoms with van der Waals surface area (Å²) in [6.07, 6.45) is 8.28. The van der Waals surface area contributed by atoms with E-state index in [1.165, 1.54) is 24.8 Å². The van der Waals surface area contributed by atoms with E-state index in [1.807, 2.05) is 12.1 Å². The first-order valence-electron chi connectivity index (χ1n) is 9.89. The number of aliphatic imine (C=N–C) groups is 1. The predicted octanol–water partition coefficient (Wildman–Crippen LogP) is 4.31. The Bertz CT molecular complexity index is 889. The maximum atomic E-state index is 11.0. The lowest BCUT2D eigenvalue weighted by Gasteiger charge is -2.60. The highest BCUT2D eigenvalue weighted by Gasteiger charge is 2.57. The minimum absolute atomic E-state index is 0.146. The molecule has 4 aliphatic carbocycles. The van der Waals surface area contributed by atoms with E-state index >= 15 is 0 Å². The molecule has 2 atom stereocenters. The molecule has 2 aromatic carbocycles. The second-order valence-electron chi connectivity index (χ2n) is 9.09. The molecular formula is C23H26N2O2. The number of nitrogens with two attached hydrogens (primary N) is 1. The van der Waals surface area contributed by atoms with Crippen LogP contribution in [0.2, 0.25) is 0 Å². The van der Waals surface area contributed by atoms with Crippen LogP contribution in [0.3, 0.4) is 0 Å². The Balaban J connectivity index is 1.39. The van der Waals surface area contributed by atoms with Gasteiger partial charge in [-0.15, -0.1) is 0 Å². The Kier molecular flexibility index (Phi) is 3.63. The van der Waals surface area contributed by atoms with Crippen molar-refractivity contribution in [1.29, 1.82) is 0 Å². The van der Waals surface area contributed by atoms with Crippen molar-refractivity contribution in [3.8, 4) is 5.75 Å². The number of aromatic hydroxyl groups is 1. The number of nitrogens with zero attached hydrogens (tertiary/aromatic N) is 1. The standard InChI is InChI=1S/C23H26N2O2/c24-19-3-6-21(26)17(8-19)13-25-20-4-1-18(2-5-20)22-9-15-7-16(10-22)12-23(27,11-15)14-22/h1-6,8,13,15-16,26-27H,7,9-12,14,24H2. The third-order valence-corrected chi connectivity index (χ3v) is 6.91. The summed E-state index contributed by atoms with van der Waals surface area (Å²) in [4.78, 5) is 4.49. The van der Waals surface area contributed by atoms with E-state index in [4.69, 9.17) is 5.73 Å². The fraction of sp³-hybridized carbons (Fsp3) is 0.435. The number of anilines is 1. The molecule has 0 radical (unpaired) electrons. The molecule has 4 aliphatic rings. The molecule has 2 unspecified atom stereocenters. The molecule has 4 nitrogen and oxygen atoms in total. The molecule has 0 heterocycles. The smallest absolute Gasteiger partial charge is 0.124 e. The molecule has 6 rings (SSSR count). The second kappa shape index (κ2) is 5.83. The van der Waals surface area contributed by atoms with Crippen LogP contribution >= 0.6 is 0 Å². The zero-order chi connectivity index (χ0) is 18.6. The molecule has 0 aliphatic heterocycles. The van der Waals surface area contributed by atoms with Crippen molar-refractivity contribution >= 4 is 17.6 Å². The Labute approximate surface area is 159 Å². The van der Waals surface area contributed by atoms with E-state index in [2.05, 4.69) is 17.1 Å². The van der Waals surface area contributed by atoms with Crippen LogP contribution in [0.4, 0.5) is 11.4 Å². The van der Waals surface area contributed by atoms with Crippen LogP contribution in [-0.4, -0.2) is 22.0 Å². The summed E-state index contributed by atoms with van der Waals surface area (Å²) in [6, 6.07) is 13.4. The maximum absolute atomic E-state index is 11.0. The van der Waals surface area contributed by atoms with E-state index in [1.54, 1.807) is 24.4 Å². The summed E-state index contributed by atoms with van der Waals surface area (Å²) in [7, 11) is 0. The van der Waals surface area contributed by atoms with Crippen LogP contribution < -0.4 is 5.73 Å². The largest absolute Gasteiger partial charge is 0.507 e. The van der Waals surface area contributed by atoms with Crippen molar-refractivity contribution in [2.45, 2.75) is 49.5 Å². The topological polar surface area (TPSA) is 78.8 Å². The van der Waals surface area contributed by atoms with Crippen molar-refractivity contribution < 1.29 is 10.2 Å². The van der Waals surface area contributed by atoms with Gasteiger partial charge in [0.05, 0.1) is 11.3 Å². The highest BCUT2D eigenvalue weighted by molar-refractivity contribution is 5.86. The molecule has 0 saturated heterocycles. The molecule has 27 heavy (non-hydrogen) atoms. The van der Waals surface area contributed by atoms with Gasteiger partial charge in [-0.3, -0.25) is 4.99 Å². The molecule has 0 spiro atoms. The van der Waals surface area contributed by atoms with Gasteiger partial charge in [0.1, 0.15) is 5.75 Å². The zero-order valence-electron chi connectivity index (χ0n) is 15.4. The van der Waals surface area contributed by atoms with Gasteiger partial charge < -0.3 is 15.9 Å². The minimum atomic E-state index is -0.439. The number of hydrogen-bond acceptors (Lipinski definition) is 4. The highest BCUT2D eigenvalue weighted by atomic mass is 16.3. The normalized spacial score (nSPS) is 34.4. The van der Waals surface area contributed by atoms with Gasteiger partial charge in [0.2, 0.25) is 0 Å². The van der Waals surface area contributed by atoms with E-state index in [9.17, 15) is 10.2 Å². The lowest BCUT2D eigenvalue weighted by Crippen LogP contribution is -2.57. The van der Waals surface area contributed by atoms with Crippen LogP contribution in [0.25, 0.3) is 0 Å². The van der Waals surface area contributed by atoms with Crippen molar-refractivity contribution in [3.05, 3.63) is 53.6 Å². The Hall–Kier alpha value is -2.33. The first kappa shape index (κ1) is 16.8. The first-order chi connectivity index (χ1) is 12.9. The zero-order valence-corrected chi connectivity index (χ0v) is 15.4. The molecule has 0 aromatic heterocycles. The molecule has 140 valence electrons. The Morgan fingerprint density at radius 3 is 2.37 bits per heavy atom. The molecule has 4 fully saturated rings. The number of phenols is 1. The number of aliphatic hydroxyl groups is 1. The minimum Gasteiger partial charge on any atom is -0.507 e. The Morgan fingerprint density at radius 1 is 1.00 bits per heavy atom. The lowest BCUT2D eigenvalue weighted by molar-refractivity contribution is -0.136. The highest BCUT2D eigenvalue weighted by Crippen LogP contribution is 2.62. The van der Waals surface area contributed by atoms with Crippen molar-refractivity contribution in [1.82, 2.24) is 0 Å². The summed E-state index contributed by atoms with van der Waals surface area (Å²) in [6.45, 7) is 0. The van der Waals surface area contributed by atoms with Gasteiger partial charge in [-0.25, -0.2) is 0 Å². The molecule has 0 amide bonds. The van der Waals surface area contributed by atoms with E-state index in [0.717, 1.165) is 24.9 Å². The Morgan fingerprint density at radius 2 is 1.70 bits per heavy atom. The lowest BCUT2D eigenvalue weighted by atomic mass is 9.46. The molecule has 4 bridgehead atoms. The molecule has 4 saturated carbocycles. The summed E-state index contributed by atoms with van der Waals surface area (Å²) in [5, 5.41) is 20.9. The second-order valence-corrected chi connectivity index (χ2v) is 9.09. The van der Waals surface area contributed by atoms with Gasteiger partial charge in [-0.1, -0.05) is 12.1 Å². The van der Waals surface area contributed by atoms with Crippen LogP contribution in [0.15, 0.2) is 47.5 Å². The molecule has 4 heteroatoms. The predicted molar refractivity (Wildman–Crippen MR) is 108 cm³/mol. The monoisotopic (exact) mass is 362 g/mol. The van der Waals surface area contributed by atoms with Gasteiger partial charge in [0.15, 0.2) is 0 Å². The maximum Gasteiger partial charge on any atom is 0.124 e. The number of hydrogen-bond donors (Lipinski definition) is 3. The third kappa shape index (κ3) is 2.92. The summed E-state index contributed by atoms with van der Waals surface area (Å²) >= 11 is 0. The summed E-state index contributed by atoms with van der Waals surface area (Å²) in [5.74, 6) is 1.53. The number of rotatable bonds is 3.